The number of esters is 1. The van der Waals surface area contributed by atoms with Gasteiger partial charge < -0.3 is 10.1 Å². The number of carbonyl (C=O) groups excluding carboxylic acids is 2. The first kappa shape index (κ1) is 16.6. The summed E-state index contributed by atoms with van der Waals surface area (Å²) >= 11 is 0. The highest BCUT2D eigenvalue weighted by Gasteiger charge is 2.51. The Balaban J connectivity index is 1.27. The molecule has 4 saturated carbocycles. The summed E-state index contributed by atoms with van der Waals surface area (Å²) in [5, 5.41) is 3.18. The summed E-state index contributed by atoms with van der Waals surface area (Å²) in [7, 11) is 0. The van der Waals surface area contributed by atoms with Gasteiger partial charge in [0.1, 0.15) is 5.82 Å². The molecular formula is C20H24FNO3. The van der Waals surface area contributed by atoms with Gasteiger partial charge in [-0.05, 0) is 74.0 Å². The highest BCUT2D eigenvalue weighted by Crippen LogP contribution is 2.55. The van der Waals surface area contributed by atoms with E-state index in [1.807, 2.05) is 0 Å². The molecule has 25 heavy (non-hydrogen) atoms. The lowest BCUT2D eigenvalue weighted by Gasteiger charge is -2.56. The topological polar surface area (TPSA) is 55.4 Å². The highest BCUT2D eigenvalue weighted by atomic mass is 19.1. The van der Waals surface area contributed by atoms with Gasteiger partial charge in [-0.15, -0.1) is 0 Å². The predicted molar refractivity (Wildman–Crippen MR) is 90.1 cm³/mol. The van der Waals surface area contributed by atoms with Crippen LogP contribution in [0.1, 0.15) is 44.1 Å². The van der Waals surface area contributed by atoms with Crippen LogP contribution >= 0.6 is 0 Å². The second-order valence-corrected chi connectivity index (χ2v) is 8.21. The van der Waals surface area contributed by atoms with Crippen molar-refractivity contribution in [2.24, 2.45) is 17.8 Å². The van der Waals surface area contributed by atoms with Crippen LogP contribution in [0, 0.1) is 23.6 Å². The zero-order valence-electron chi connectivity index (χ0n) is 14.3. The summed E-state index contributed by atoms with van der Waals surface area (Å²) in [6.45, 7) is -0.254. The number of nitrogens with one attached hydrogen (secondary N) is 1. The minimum Gasteiger partial charge on any atom is -0.455 e. The Hall–Kier alpha value is -1.91. The maximum Gasteiger partial charge on any atom is 0.310 e. The van der Waals surface area contributed by atoms with Crippen molar-refractivity contribution in [3.63, 3.8) is 0 Å². The van der Waals surface area contributed by atoms with E-state index in [9.17, 15) is 14.0 Å². The summed E-state index contributed by atoms with van der Waals surface area (Å²) in [5.41, 5.74) is 0.479. The van der Waals surface area contributed by atoms with Gasteiger partial charge in [0.15, 0.2) is 6.61 Å². The molecule has 1 N–H and O–H groups in total. The van der Waals surface area contributed by atoms with Gasteiger partial charge in [-0.25, -0.2) is 4.39 Å². The molecule has 0 heterocycles. The zero-order valence-corrected chi connectivity index (χ0v) is 14.3. The molecule has 0 atom stereocenters. The van der Waals surface area contributed by atoms with Crippen molar-refractivity contribution in [2.45, 2.75) is 50.5 Å². The summed E-state index contributed by atoms with van der Waals surface area (Å²) in [5.74, 6) is 1.15. The first-order valence-electron chi connectivity index (χ1n) is 9.21. The molecule has 0 saturated heterocycles. The molecule has 5 heteroatoms. The molecule has 134 valence electrons. The second kappa shape index (κ2) is 6.43. The number of ether oxygens (including phenoxy) is 1. The Morgan fingerprint density at radius 1 is 1.12 bits per heavy atom. The van der Waals surface area contributed by atoms with Gasteiger partial charge in [0, 0.05) is 5.54 Å². The Morgan fingerprint density at radius 2 is 1.76 bits per heavy atom. The van der Waals surface area contributed by atoms with E-state index in [4.69, 9.17) is 4.74 Å². The monoisotopic (exact) mass is 345 g/mol. The van der Waals surface area contributed by atoms with Crippen LogP contribution in [-0.2, 0) is 20.7 Å². The molecule has 0 aliphatic heterocycles. The van der Waals surface area contributed by atoms with Crippen LogP contribution in [0.15, 0.2) is 24.3 Å². The molecule has 4 bridgehead atoms. The quantitative estimate of drug-likeness (QED) is 0.835. The first-order valence-corrected chi connectivity index (χ1v) is 9.21. The highest BCUT2D eigenvalue weighted by molar-refractivity contribution is 5.81. The third kappa shape index (κ3) is 3.70. The van der Waals surface area contributed by atoms with Crippen molar-refractivity contribution < 1.29 is 18.7 Å². The van der Waals surface area contributed by atoms with Crippen molar-refractivity contribution in [3.05, 3.63) is 35.6 Å². The molecule has 0 spiro atoms. The van der Waals surface area contributed by atoms with E-state index in [2.05, 4.69) is 5.32 Å². The van der Waals surface area contributed by atoms with Gasteiger partial charge in [0.05, 0.1) is 6.42 Å². The van der Waals surface area contributed by atoms with Gasteiger partial charge in [-0.2, -0.15) is 0 Å². The summed E-state index contributed by atoms with van der Waals surface area (Å²) in [6, 6.07) is 5.85. The predicted octanol–water partition coefficient (Wildman–Crippen LogP) is 3.00. The largest absolute Gasteiger partial charge is 0.455 e. The van der Waals surface area contributed by atoms with Crippen molar-refractivity contribution >= 4 is 11.9 Å². The molecule has 5 rings (SSSR count). The van der Waals surface area contributed by atoms with Crippen molar-refractivity contribution in [1.82, 2.24) is 5.32 Å². The molecule has 4 aliphatic rings. The SMILES string of the molecule is O=C(COC(=O)Cc1cccc(F)c1)NC12CC3CC(CC(C3)C1)C2. The Morgan fingerprint density at radius 3 is 2.36 bits per heavy atom. The van der Waals surface area contributed by atoms with Gasteiger partial charge >= 0.3 is 5.97 Å². The number of benzene rings is 1. The lowest BCUT2D eigenvalue weighted by molar-refractivity contribution is -0.149. The molecule has 4 nitrogen and oxygen atoms in total. The fourth-order valence-electron chi connectivity index (χ4n) is 5.61. The van der Waals surface area contributed by atoms with Crippen molar-refractivity contribution in [2.75, 3.05) is 6.61 Å². The van der Waals surface area contributed by atoms with E-state index in [0.717, 1.165) is 37.0 Å². The third-order valence-corrected chi connectivity index (χ3v) is 6.04. The number of amides is 1. The second-order valence-electron chi connectivity index (χ2n) is 8.21. The lowest BCUT2D eigenvalue weighted by atomic mass is 9.53. The van der Waals surface area contributed by atoms with Crippen molar-refractivity contribution in [1.29, 1.82) is 0 Å². The van der Waals surface area contributed by atoms with Crippen LogP contribution in [0.4, 0.5) is 4.39 Å². The maximum absolute atomic E-state index is 13.1. The van der Waals surface area contributed by atoms with Crippen LogP contribution < -0.4 is 5.32 Å². The summed E-state index contributed by atoms with van der Waals surface area (Å²) in [6.07, 6.45) is 7.14. The molecule has 0 radical (unpaired) electrons. The Labute approximate surface area is 147 Å². The van der Waals surface area contributed by atoms with E-state index in [-0.39, 0.29) is 30.3 Å². The van der Waals surface area contributed by atoms with Crippen LogP contribution in [-0.4, -0.2) is 24.0 Å². The van der Waals surface area contributed by atoms with Crippen LogP contribution in [0.2, 0.25) is 0 Å². The fourth-order valence-corrected chi connectivity index (χ4v) is 5.61. The standard InChI is InChI=1S/C20H24FNO3/c21-17-3-1-2-13(7-17)8-19(24)25-12-18(23)22-20-9-14-4-15(10-20)6-16(5-14)11-20/h1-3,7,14-16H,4-6,8-12H2,(H,22,23). The van der Waals surface area contributed by atoms with Gasteiger partial charge in [0.2, 0.25) is 0 Å². The number of hydrogen-bond acceptors (Lipinski definition) is 3. The molecule has 4 fully saturated rings. The van der Waals surface area contributed by atoms with E-state index in [0.29, 0.717) is 5.56 Å². The number of halogens is 1. The Kier molecular flexibility index (Phi) is 4.26. The lowest BCUT2D eigenvalue weighted by Crippen LogP contribution is -2.60. The third-order valence-electron chi connectivity index (χ3n) is 6.04. The van der Waals surface area contributed by atoms with Gasteiger partial charge in [0.25, 0.3) is 5.91 Å². The van der Waals surface area contributed by atoms with E-state index >= 15 is 0 Å². The van der Waals surface area contributed by atoms with E-state index < -0.39 is 5.97 Å². The smallest absolute Gasteiger partial charge is 0.310 e. The summed E-state index contributed by atoms with van der Waals surface area (Å²) < 4.78 is 18.2. The number of carbonyl (C=O) groups is 2. The minimum absolute atomic E-state index is 0.0254. The van der Waals surface area contributed by atoms with Crippen LogP contribution in [0.3, 0.4) is 0 Å². The molecule has 0 unspecified atom stereocenters. The van der Waals surface area contributed by atoms with Gasteiger partial charge in [-0.1, -0.05) is 12.1 Å². The Bertz CT molecular complexity index is 652. The minimum atomic E-state index is -0.508. The zero-order chi connectivity index (χ0) is 17.4. The normalized spacial score (nSPS) is 32.4. The number of rotatable bonds is 5. The van der Waals surface area contributed by atoms with E-state index in [1.54, 1.807) is 12.1 Å². The molecule has 1 aromatic rings. The van der Waals surface area contributed by atoms with Crippen LogP contribution in [0.5, 0.6) is 0 Å². The first-order chi connectivity index (χ1) is 12.0. The van der Waals surface area contributed by atoms with E-state index in [1.165, 1.54) is 31.4 Å². The maximum atomic E-state index is 13.1. The fraction of sp³-hybridized carbons (Fsp3) is 0.600. The summed E-state index contributed by atoms with van der Waals surface area (Å²) in [4.78, 5) is 24.2. The molecule has 0 aromatic heterocycles. The average molecular weight is 345 g/mol. The molecule has 1 aromatic carbocycles. The van der Waals surface area contributed by atoms with Crippen LogP contribution in [0.25, 0.3) is 0 Å². The van der Waals surface area contributed by atoms with Gasteiger partial charge in [-0.3, -0.25) is 9.59 Å². The molecular weight excluding hydrogens is 321 g/mol. The molecule has 4 aliphatic carbocycles. The number of hydrogen-bond donors (Lipinski definition) is 1. The average Bonchev–Trinajstić information content (AvgIpc) is 2.51. The molecule has 1 amide bonds. The van der Waals surface area contributed by atoms with Crippen molar-refractivity contribution in [3.8, 4) is 0 Å².